The Morgan fingerprint density at radius 1 is 1.45 bits per heavy atom. The van der Waals surface area contributed by atoms with E-state index < -0.39 is 0 Å². The van der Waals surface area contributed by atoms with E-state index in [1.807, 2.05) is 12.1 Å². The lowest BCUT2D eigenvalue weighted by atomic mass is 10.1. The van der Waals surface area contributed by atoms with Crippen molar-refractivity contribution in [2.75, 3.05) is 0 Å². The summed E-state index contributed by atoms with van der Waals surface area (Å²) in [6, 6.07) is 9.67. The Kier molecular flexibility index (Phi) is 2.42. The molecule has 57 valence electrons. The van der Waals surface area contributed by atoms with Gasteiger partial charge in [0.25, 0.3) is 0 Å². The van der Waals surface area contributed by atoms with Gasteiger partial charge < -0.3 is 0 Å². The Bertz CT molecular complexity index is 289. The first-order valence-electron chi connectivity index (χ1n) is 3.72. The highest BCUT2D eigenvalue weighted by Gasteiger charge is 1.95. The first kappa shape index (κ1) is 7.99. The van der Waals surface area contributed by atoms with Crippen molar-refractivity contribution in [3.63, 3.8) is 0 Å². The molecule has 1 aromatic carbocycles. The van der Waals surface area contributed by atoms with Gasteiger partial charge in [0.2, 0.25) is 0 Å². The van der Waals surface area contributed by atoms with E-state index in [2.05, 4.69) is 19.9 Å². The summed E-state index contributed by atoms with van der Waals surface area (Å²) in [5.41, 5.74) is 1.02. The van der Waals surface area contributed by atoms with Gasteiger partial charge in [-0.25, -0.2) is 0 Å². The summed E-state index contributed by atoms with van der Waals surface area (Å²) in [5.74, 6) is 0.406. The maximum atomic E-state index is 10.9. The molecule has 0 unspecified atom stereocenters. The summed E-state index contributed by atoms with van der Waals surface area (Å²) in [7, 11) is 0. The van der Waals surface area contributed by atoms with Crippen LogP contribution in [0, 0.1) is 6.07 Å². The van der Waals surface area contributed by atoms with Crippen molar-refractivity contribution in [1.29, 1.82) is 0 Å². The molecule has 1 radical (unpaired) electrons. The minimum absolute atomic E-state index is 0.0429. The molecule has 1 rings (SSSR count). The largest absolute Gasteiger partial charge is 0.289 e. The fourth-order valence-electron chi connectivity index (χ4n) is 0.890. The van der Waals surface area contributed by atoms with Crippen molar-refractivity contribution in [2.45, 2.75) is 19.8 Å². The molecule has 0 heterocycles. The molecular formula is C10H11O. The fourth-order valence-corrected chi connectivity index (χ4v) is 0.890. The fraction of sp³-hybridized carbons (Fsp3) is 0.300. The minimum atomic E-state index is -0.0429. The molecule has 0 saturated carbocycles. The predicted octanol–water partition coefficient (Wildman–Crippen LogP) is 1.97. The third-order valence-electron chi connectivity index (χ3n) is 1.57. The summed E-state index contributed by atoms with van der Waals surface area (Å²) >= 11 is 0. The van der Waals surface area contributed by atoms with Crippen LogP contribution in [-0.2, 0) is 0 Å². The molecule has 0 aromatic heterocycles. The van der Waals surface area contributed by atoms with Crippen LogP contribution in [0.1, 0.15) is 25.3 Å². The Morgan fingerprint density at radius 3 is 2.82 bits per heavy atom. The zero-order valence-electron chi connectivity index (χ0n) is 6.79. The van der Waals surface area contributed by atoms with Crippen LogP contribution in [-0.4, -0.2) is 0 Å². The second kappa shape index (κ2) is 3.33. The van der Waals surface area contributed by atoms with Crippen LogP contribution in [0.15, 0.2) is 29.1 Å². The first-order valence-corrected chi connectivity index (χ1v) is 3.72. The van der Waals surface area contributed by atoms with Crippen LogP contribution in [0.2, 0.25) is 0 Å². The highest BCUT2D eigenvalue weighted by Crippen LogP contribution is 2.09. The first-order chi connectivity index (χ1) is 5.20. The van der Waals surface area contributed by atoms with Gasteiger partial charge in [0, 0.05) is 6.07 Å². The quantitative estimate of drug-likeness (QED) is 0.593. The highest BCUT2D eigenvalue weighted by atomic mass is 16.1. The Balaban J connectivity index is 3.22. The standard InChI is InChI=1S/C10H11O/c1-8(2)9-5-3-4-6-10(11)7-9/h3-5,7-8H,1-2H3. The van der Waals surface area contributed by atoms with E-state index in [0.29, 0.717) is 5.92 Å². The lowest BCUT2D eigenvalue weighted by Gasteiger charge is -1.98. The van der Waals surface area contributed by atoms with Crippen LogP contribution in [0.4, 0.5) is 0 Å². The molecular weight excluding hydrogens is 136 g/mol. The molecule has 0 fully saturated rings. The van der Waals surface area contributed by atoms with Crippen molar-refractivity contribution >= 4 is 0 Å². The van der Waals surface area contributed by atoms with Gasteiger partial charge in [0.1, 0.15) is 0 Å². The topological polar surface area (TPSA) is 17.1 Å². The van der Waals surface area contributed by atoms with E-state index in [9.17, 15) is 4.79 Å². The van der Waals surface area contributed by atoms with Gasteiger partial charge in [-0.05, 0) is 17.5 Å². The van der Waals surface area contributed by atoms with Gasteiger partial charge in [0.15, 0.2) is 5.43 Å². The smallest absolute Gasteiger partial charge is 0.186 e. The summed E-state index contributed by atoms with van der Waals surface area (Å²) in [6.45, 7) is 4.13. The molecule has 0 spiro atoms. The van der Waals surface area contributed by atoms with Crippen LogP contribution in [0.5, 0.6) is 0 Å². The second-order valence-corrected chi connectivity index (χ2v) is 2.83. The van der Waals surface area contributed by atoms with Crippen LogP contribution in [0.25, 0.3) is 0 Å². The molecule has 0 aliphatic rings. The molecule has 11 heavy (non-hydrogen) atoms. The lowest BCUT2D eigenvalue weighted by Crippen LogP contribution is -1.94. The van der Waals surface area contributed by atoms with Gasteiger partial charge >= 0.3 is 0 Å². The average Bonchev–Trinajstić information content (AvgIpc) is 2.13. The zero-order chi connectivity index (χ0) is 8.27. The zero-order valence-corrected chi connectivity index (χ0v) is 6.79. The molecule has 0 N–H and O–H groups in total. The maximum absolute atomic E-state index is 10.9. The van der Waals surface area contributed by atoms with Crippen molar-refractivity contribution in [3.05, 3.63) is 46.1 Å². The molecule has 0 saturated heterocycles. The third kappa shape index (κ3) is 2.19. The second-order valence-electron chi connectivity index (χ2n) is 2.83. The molecule has 1 nitrogen and oxygen atoms in total. The van der Waals surface area contributed by atoms with Gasteiger partial charge in [-0.3, -0.25) is 4.79 Å². The summed E-state index contributed by atoms with van der Waals surface area (Å²) in [4.78, 5) is 10.9. The van der Waals surface area contributed by atoms with E-state index >= 15 is 0 Å². The van der Waals surface area contributed by atoms with E-state index in [0.717, 1.165) is 5.56 Å². The monoisotopic (exact) mass is 147 g/mol. The maximum Gasteiger partial charge on any atom is 0.186 e. The van der Waals surface area contributed by atoms with E-state index in [-0.39, 0.29) is 5.43 Å². The highest BCUT2D eigenvalue weighted by molar-refractivity contribution is 5.16. The van der Waals surface area contributed by atoms with E-state index in [1.54, 1.807) is 12.1 Å². The number of hydrogen-bond donors (Lipinski definition) is 0. The van der Waals surface area contributed by atoms with Crippen molar-refractivity contribution in [3.8, 4) is 0 Å². The van der Waals surface area contributed by atoms with Gasteiger partial charge in [-0.2, -0.15) is 0 Å². The van der Waals surface area contributed by atoms with Crippen LogP contribution in [0.3, 0.4) is 0 Å². The van der Waals surface area contributed by atoms with E-state index in [1.165, 1.54) is 0 Å². The Labute approximate surface area is 66.7 Å². The SMILES string of the molecule is CC(C)c1ccc[c]c(=O)c1. The van der Waals surface area contributed by atoms with Gasteiger partial charge in [0.05, 0.1) is 0 Å². The minimum Gasteiger partial charge on any atom is -0.289 e. The van der Waals surface area contributed by atoms with Crippen molar-refractivity contribution in [2.24, 2.45) is 0 Å². The van der Waals surface area contributed by atoms with Crippen molar-refractivity contribution < 1.29 is 0 Å². The van der Waals surface area contributed by atoms with Crippen LogP contribution < -0.4 is 5.43 Å². The molecule has 0 aliphatic heterocycles. The number of hydrogen-bond acceptors (Lipinski definition) is 1. The third-order valence-corrected chi connectivity index (χ3v) is 1.57. The molecule has 0 bridgehead atoms. The summed E-state index contributed by atoms with van der Waals surface area (Å²) in [6.07, 6.45) is 0. The molecule has 1 aromatic rings. The predicted molar refractivity (Wildman–Crippen MR) is 45.6 cm³/mol. The molecule has 1 heteroatoms. The average molecular weight is 147 g/mol. The molecule has 0 amide bonds. The van der Waals surface area contributed by atoms with Gasteiger partial charge in [-0.15, -0.1) is 0 Å². The van der Waals surface area contributed by atoms with Crippen LogP contribution >= 0.6 is 0 Å². The lowest BCUT2D eigenvalue weighted by molar-refractivity contribution is 0.867. The van der Waals surface area contributed by atoms with Gasteiger partial charge in [-0.1, -0.05) is 32.0 Å². The Hall–Kier alpha value is -1.11. The molecule has 0 aliphatic carbocycles. The summed E-state index contributed by atoms with van der Waals surface area (Å²) in [5, 5.41) is 0. The van der Waals surface area contributed by atoms with E-state index in [4.69, 9.17) is 0 Å². The number of rotatable bonds is 1. The summed E-state index contributed by atoms with van der Waals surface area (Å²) < 4.78 is 0. The normalized spacial score (nSPS) is 10.1. The molecule has 0 atom stereocenters. The Morgan fingerprint density at radius 2 is 2.18 bits per heavy atom. The van der Waals surface area contributed by atoms with Crippen molar-refractivity contribution in [1.82, 2.24) is 0 Å².